The Morgan fingerprint density at radius 2 is 1.37 bits per heavy atom. The molecule has 0 aliphatic rings. The van der Waals surface area contributed by atoms with Crippen molar-refractivity contribution in [3.05, 3.63) is 0 Å². The van der Waals surface area contributed by atoms with Crippen molar-refractivity contribution in [2.75, 3.05) is 45.9 Å². The number of carbonyl (C=O) groups excluding carboxylic acids is 1. The van der Waals surface area contributed by atoms with E-state index in [0.29, 0.717) is 24.9 Å². The van der Waals surface area contributed by atoms with Gasteiger partial charge in [0, 0.05) is 37.5 Å². The summed E-state index contributed by atoms with van der Waals surface area (Å²) in [5.74, 6) is 1.54. The Morgan fingerprint density at radius 3 is 1.83 bits per heavy atom. The summed E-state index contributed by atoms with van der Waals surface area (Å²) < 4.78 is 5.18. The number of carbonyl (C=O) groups is 1. The molecule has 0 spiro atoms. The van der Waals surface area contributed by atoms with Gasteiger partial charge in [0.05, 0.1) is 13.1 Å². The Labute approximate surface area is 186 Å². The molecule has 0 unspecified atom stereocenters. The normalized spacial score (nSPS) is 13.1. The van der Waals surface area contributed by atoms with Crippen molar-refractivity contribution in [1.82, 2.24) is 4.90 Å². The lowest BCUT2D eigenvalue weighted by molar-refractivity contribution is -0.123. The standard InChI is InChI=1S/C25H49N3O2/c1-8-30-20-25(29)12-10-9-11-15-28(16-13-26-23(6)18-21(2)3)17-14-27-24(7)19-22(4)5/h21-22H,8-20H2,1-7H3. The average molecular weight is 424 g/mol. The zero-order valence-corrected chi connectivity index (χ0v) is 21.0. The number of nitrogens with zero attached hydrogens (tertiary/aromatic N) is 3. The molecule has 0 aromatic rings. The van der Waals surface area contributed by atoms with Gasteiger partial charge in [0.1, 0.15) is 6.61 Å². The topological polar surface area (TPSA) is 54.3 Å². The van der Waals surface area contributed by atoms with Gasteiger partial charge in [0.15, 0.2) is 5.78 Å². The molecule has 0 saturated heterocycles. The molecule has 5 heteroatoms. The zero-order chi connectivity index (χ0) is 22.8. The summed E-state index contributed by atoms with van der Waals surface area (Å²) in [7, 11) is 0. The van der Waals surface area contributed by atoms with Crippen molar-refractivity contribution in [1.29, 1.82) is 0 Å². The molecule has 0 fully saturated rings. The molecule has 0 aromatic heterocycles. The van der Waals surface area contributed by atoms with Crippen LogP contribution in [-0.4, -0.2) is 68.0 Å². The van der Waals surface area contributed by atoms with Crippen LogP contribution in [0.2, 0.25) is 0 Å². The number of ether oxygens (including phenoxy) is 1. The molecule has 0 heterocycles. The third-order valence-corrected chi connectivity index (χ3v) is 4.90. The number of hydrogen-bond acceptors (Lipinski definition) is 5. The third kappa shape index (κ3) is 18.9. The highest BCUT2D eigenvalue weighted by atomic mass is 16.5. The van der Waals surface area contributed by atoms with Crippen LogP contribution in [0, 0.1) is 11.8 Å². The van der Waals surface area contributed by atoms with Crippen molar-refractivity contribution in [3.8, 4) is 0 Å². The van der Waals surface area contributed by atoms with E-state index in [1.807, 2.05) is 6.92 Å². The van der Waals surface area contributed by atoms with E-state index < -0.39 is 0 Å². The van der Waals surface area contributed by atoms with Gasteiger partial charge < -0.3 is 4.74 Å². The fourth-order valence-corrected chi connectivity index (χ4v) is 3.53. The summed E-state index contributed by atoms with van der Waals surface area (Å²) in [6.07, 6.45) is 5.95. The summed E-state index contributed by atoms with van der Waals surface area (Å²) in [5, 5.41) is 0. The molecule has 176 valence electrons. The van der Waals surface area contributed by atoms with E-state index in [9.17, 15) is 4.79 Å². The Kier molecular flexibility index (Phi) is 18.0. The first-order valence-corrected chi connectivity index (χ1v) is 12.1. The van der Waals surface area contributed by atoms with Crippen LogP contribution in [0.5, 0.6) is 0 Å². The fraction of sp³-hybridized carbons (Fsp3) is 0.880. The average Bonchev–Trinajstić information content (AvgIpc) is 2.64. The van der Waals surface area contributed by atoms with Crippen molar-refractivity contribution in [3.63, 3.8) is 0 Å². The van der Waals surface area contributed by atoms with Gasteiger partial charge in [0.2, 0.25) is 0 Å². The molecule has 0 amide bonds. The van der Waals surface area contributed by atoms with E-state index in [1.54, 1.807) is 0 Å². The van der Waals surface area contributed by atoms with E-state index in [-0.39, 0.29) is 12.4 Å². The molecule has 30 heavy (non-hydrogen) atoms. The minimum Gasteiger partial charge on any atom is -0.374 e. The molecule has 5 nitrogen and oxygen atoms in total. The molecular formula is C25H49N3O2. The first-order chi connectivity index (χ1) is 14.2. The molecule has 0 N–H and O–H groups in total. The van der Waals surface area contributed by atoms with Gasteiger partial charge in [-0.05, 0) is 64.8 Å². The Hall–Kier alpha value is -1.07. The van der Waals surface area contributed by atoms with Gasteiger partial charge in [-0.15, -0.1) is 0 Å². The van der Waals surface area contributed by atoms with Gasteiger partial charge in [-0.1, -0.05) is 34.1 Å². The maximum atomic E-state index is 11.7. The third-order valence-electron chi connectivity index (χ3n) is 4.90. The van der Waals surface area contributed by atoms with E-state index in [2.05, 4.69) is 46.4 Å². The largest absolute Gasteiger partial charge is 0.374 e. The van der Waals surface area contributed by atoms with Gasteiger partial charge >= 0.3 is 0 Å². The Morgan fingerprint density at radius 1 is 0.833 bits per heavy atom. The molecule has 0 aliphatic carbocycles. The molecule has 0 saturated carbocycles. The first-order valence-electron chi connectivity index (χ1n) is 12.1. The molecule has 0 bridgehead atoms. The SMILES string of the molecule is CCOCC(=O)CCCCCN(CCN=C(C)CC(C)C)CCN=C(C)CC(C)C. The van der Waals surface area contributed by atoms with Crippen molar-refractivity contribution in [2.24, 2.45) is 21.8 Å². The van der Waals surface area contributed by atoms with E-state index in [1.165, 1.54) is 11.4 Å². The molecule has 0 rings (SSSR count). The predicted molar refractivity (Wildman–Crippen MR) is 131 cm³/mol. The van der Waals surface area contributed by atoms with Gasteiger partial charge in [-0.25, -0.2) is 0 Å². The lowest BCUT2D eigenvalue weighted by atomic mass is 10.1. The van der Waals surface area contributed by atoms with Crippen LogP contribution in [0.1, 0.15) is 87.0 Å². The summed E-state index contributed by atoms with van der Waals surface area (Å²) in [5.41, 5.74) is 2.51. The maximum absolute atomic E-state index is 11.7. The monoisotopic (exact) mass is 423 g/mol. The van der Waals surface area contributed by atoms with Crippen LogP contribution in [-0.2, 0) is 9.53 Å². The number of aliphatic imine (C=N–C) groups is 2. The number of Topliss-reactive ketones (excluding diaryl/α,β-unsaturated/α-hetero) is 1. The van der Waals surface area contributed by atoms with Crippen molar-refractivity contribution < 1.29 is 9.53 Å². The molecule has 0 radical (unpaired) electrons. The van der Waals surface area contributed by atoms with E-state index >= 15 is 0 Å². The second kappa shape index (κ2) is 18.7. The summed E-state index contributed by atoms with van der Waals surface area (Å²) in [6, 6.07) is 0. The van der Waals surface area contributed by atoms with Crippen LogP contribution in [0.3, 0.4) is 0 Å². The zero-order valence-electron chi connectivity index (χ0n) is 21.0. The minimum atomic E-state index is 0.221. The van der Waals surface area contributed by atoms with Crippen LogP contribution in [0.15, 0.2) is 9.98 Å². The van der Waals surface area contributed by atoms with E-state index in [0.717, 1.165) is 64.8 Å². The second-order valence-electron chi connectivity index (χ2n) is 9.26. The quantitative estimate of drug-likeness (QED) is 0.204. The van der Waals surface area contributed by atoms with Crippen LogP contribution in [0.25, 0.3) is 0 Å². The van der Waals surface area contributed by atoms with Gasteiger partial charge in [0.25, 0.3) is 0 Å². The summed E-state index contributed by atoms with van der Waals surface area (Å²) >= 11 is 0. The van der Waals surface area contributed by atoms with Crippen molar-refractivity contribution >= 4 is 17.2 Å². The van der Waals surface area contributed by atoms with Gasteiger partial charge in [-0.3, -0.25) is 19.7 Å². The Bertz CT molecular complexity index is 469. The highest BCUT2D eigenvalue weighted by Gasteiger charge is 2.06. The first kappa shape index (κ1) is 28.9. The molecular weight excluding hydrogens is 374 g/mol. The molecule has 0 atom stereocenters. The lowest BCUT2D eigenvalue weighted by Gasteiger charge is -2.21. The minimum absolute atomic E-state index is 0.221. The van der Waals surface area contributed by atoms with E-state index in [4.69, 9.17) is 14.7 Å². The number of ketones is 1. The number of unbranched alkanes of at least 4 members (excludes halogenated alkanes) is 2. The van der Waals surface area contributed by atoms with Crippen molar-refractivity contribution in [2.45, 2.75) is 87.0 Å². The predicted octanol–water partition coefficient (Wildman–Crippen LogP) is 5.47. The molecule has 0 aromatic carbocycles. The summed E-state index contributed by atoms with van der Waals surface area (Å²) in [4.78, 5) is 23.7. The Balaban J connectivity index is 4.40. The van der Waals surface area contributed by atoms with Gasteiger partial charge in [-0.2, -0.15) is 0 Å². The summed E-state index contributed by atoms with van der Waals surface area (Å²) in [6.45, 7) is 20.8. The highest BCUT2D eigenvalue weighted by Crippen LogP contribution is 2.05. The number of rotatable bonds is 19. The second-order valence-corrected chi connectivity index (χ2v) is 9.26. The molecule has 0 aliphatic heterocycles. The smallest absolute Gasteiger partial charge is 0.158 e. The highest BCUT2D eigenvalue weighted by molar-refractivity contribution is 5.82. The van der Waals surface area contributed by atoms with Crippen LogP contribution < -0.4 is 0 Å². The maximum Gasteiger partial charge on any atom is 0.158 e. The van der Waals surface area contributed by atoms with Crippen LogP contribution in [0.4, 0.5) is 0 Å². The number of hydrogen-bond donors (Lipinski definition) is 0. The van der Waals surface area contributed by atoms with Crippen LogP contribution >= 0.6 is 0 Å². The lowest BCUT2D eigenvalue weighted by Crippen LogP contribution is -2.30. The fourth-order valence-electron chi connectivity index (χ4n) is 3.53.